The lowest BCUT2D eigenvalue weighted by Crippen LogP contribution is -1.98. The first kappa shape index (κ1) is 17.6. The van der Waals surface area contributed by atoms with Crippen molar-refractivity contribution in [2.24, 2.45) is 0 Å². The number of aryl methyl sites for hydroxylation is 2. The fourth-order valence-corrected chi connectivity index (χ4v) is 4.34. The molecule has 0 saturated heterocycles. The molecule has 0 spiro atoms. The number of aromatic nitrogens is 1. The van der Waals surface area contributed by atoms with E-state index in [2.05, 4.69) is 73.4 Å². The van der Waals surface area contributed by atoms with E-state index >= 15 is 0 Å². The summed E-state index contributed by atoms with van der Waals surface area (Å²) in [6.07, 6.45) is 18.4. The zero-order valence-electron chi connectivity index (χ0n) is 16.5. The number of hydrogen-bond donors (Lipinski definition) is 0. The van der Waals surface area contributed by atoms with Gasteiger partial charge in [-0.25, -0.2) is 0 Å². The van der Waals surface area contributed by atoms with Crippen LogP contribution >= 0.6 is 0 Å². The Balaban J connectivity index is 1.92. The van der Waals surface area contributed by atoms with Crippen molar-refractivity contribution in [3.05, 3.63) is 88.8 Å². The molecule has 1 aromatic carbocycles. The van der Waals surface area contributed by atoms with E-state index in [1.165, 1.54) is 44.4 Å². The first-order chi connectivity index (χ1) is 13.2. The summed E-state index contributed by atoms with van der Waals surface area (Å²) in [6.45, 7) is 10.8. The van der Waals surface area contributed by atoms with Crippen molar-refractivity contribution in [2.75, 3.05) is 0 Å². The molecule has 0 radical (unpaired) electrons. The van der Waals surface area contributed by atoms with E-state index in [1.54, 1.807) is 0 Å². The van der Waals surface area contributed by atoms with E-state index < -0.39 is 0 Å². The molecule has 0 saturated carbocycles. The summed E-state index contributed by atoms with van der Waals surface area (Å²) in [7, 11) is 0. The first-order valence-corrected chi connectivity index (χ1v) is 9.91. The van der Waals surface area contributed by atoms with Crippen molar-refractivity contribution in [3.8, 4) is 0 Å². The Bertz CT molecular complexity index is 1130. The minimum Gasteiger partial charge on any atom is -0.316 e. The van der Waals surface area contributed by atoms with Crippen LogP contribution in [0.25, 0.3) is 28.4 Å². The van der Waals surface area contributed by atoms with Crippen molar-refractivity contribution >= 4 is 28.4 Å². The van der Waals surface area contributed by atoms with Crippen molar-refractivity contribution in [3.63, 3.8) is 0 Å². The summed E-state index contributed by atoms with van der Waals surface area (Å²) in [4.78, 5) is 0. The summed E-state index contributed by atoms with van der Waals surface area (Å²) in [6, 6.07) is 6.73. The van der Waals surface area contributed by atoms with Gasteiger partial charge in [0.1, 0.15) is 0 Å². The topological polar surface area (TPSA) is 4.41 Å². The van der Waals surface area contributed by atoms with E-state index in [4.69, 9.17) is 0 Å². The van der Waals surface area contributed by atoms with Crippen LogP contribution < -0.4 is 0 Å². The number of allylic oxidation sites excluding steroid dienone is 7. The van der Waals surface area contributed by atoms with Gasteiger partial charge in [-0.2, -0.15) is 0 Å². The minimum atomic E-state index is 0.974. The normalized spacial score (nSPS) is 15.0. The SMILES string of the molecule is C=C(/C=C\C=C/C)/C(=C/c1c(C)n2c3c(c4cccc1c42)C=CCC3)CC. The van der Waals surface area contributed by atoms with Crippen LogP contribution in [0.15, 0.2) is 66.3 Å². The maximum absolute atomic E-state index is 4.29. The van der Waals surface area contributed by atoms with Crippen LogP contribution in [0, 0.1) is 6.92 Å². The average molecular weight is 354 g/mol. The number of nitrogens with zero attached hydrogens (tertiary/aromatic N) is 1. The smallest absolute Gasteiger partial charge is 0.0613 e. The van der Waals surface area contributed by atoms with Gasteiger partial charge in [0, 0.05) is 33.3 Å². The Morgan fingerprint density at radius 3 is 2.81 bits per heavy atom. The largest absolute Gasteiger partial charge is 0.316 e. The maximum Gasteiger partial charge on any atom is 0.0613 e. The second-order valence-electron chi connectivity index (χ2n) is 7.27. The molecule has 0 fully saturated rings. The van der Waals surface area contributed by atoms with Gasteiger partial charge in [-0.05, 0) is 50.3 Å². The molecule has 136 valence electrons. The zero-order valence-corrected chi connectivity index (χ0v) is 16.5. The van der Waals surface area contributed by atoms with Gasteiger partial charge >= 0.3 is 0 Å². The number of benzene rings is 1. The van der Waals surface area contributed by atoms with Gasteiger partial charge in [-0.3, -0.25) is 0 Å². The Kier molecular flexibility index (Phi) is 4.61. The molecule has 2 heterocycles. The summed E-state index contributed by atoms with van der Waals surface area (Å²) in [5, 5.41) is 2.73. The number of fused-ring (bicyclic) bond motifs is 3. The molecule has 0 amide bonds. The molecule has 0 aliphatic heterocycles. The van der Waals surface area contributed by atoms with Crippen LogP contribution in [0.3, 0.4) is 0 Å². The number of hydrogen-bond acceptors (Lipinski definition) is 0. The quantitative estimate of drug-likeness (QED) is 0.424. The van der Waals surface area contributed by atoms with Gasteiger partial charge in [-0.1, -0.05) is 68.2 Å². The van der Waals surface area contributed by atoms with E-state index in [1.807, 2.05) is 19.1 Å². The lowest BCUT2D eigenvalue weighted by atomic mass is 9.97. The predicted molar refractivity (Wildman–Crippen MR) is 120 cm³/mol. The van der Waals surface area contributed by atoms with Crippen molar-refractivity contribution in [1.82, 2.24) is 4.40 Å². The standard InChI is InChI=1S/C26H27N/c1-5-7-8-12-18(3)20(6-2)17-24-19(4)27-25-16-10-9-13-21(25)22-14-11-15-23(24)26(22)27/h5,7-9,11-15,17H,3,6,10,16H2,1-2,4H3/b7-5-,12-8-,20-17+. The Labute approximate surface area is 162 Å². The summed E-state index contributed by atoms with van der Waals surface area (Å²) in [5.41, 5.74) is 9.31. The molecule has 0 unspecified atom stereocenters. The lowest BCUT2D eigenvalue weighted by molar-refractivity contribution is 0.897. The number of rotatable bonds is 5. The number of para-hydroxylation sites is 1. The van der Waals surface area contributed by atoms with Crippen LogP contribution in [0.5, 0.6) is 0 Å². The molecule has 27 heavy (non-hydrogen) atoms. The molecule has 3 aromatic rings. The second-order valence-corrected chi connectivity index (χ2v) is 7.27. The molecule has 1 aliphatic rings. The molecular formula is C26H27N. The first-order valence-electron chi connectivity index (χ1n) is 9.91. The highest BCUT2D eigenvalue weighted by atomic mass is 14.9. The molecule has 4 rings (SSSR count). The van der Waals surface area contributed by atoms with Crippen LogP contribution in [-0.2, 0) is 6.42 Å². The highest BCUT2D eigenvalue weighted by molar-refractivity contribution is 6.07. The third kappa shape index (κ3) is 2.78. The van der Waals surface area contributed by atoms with Gasteiger partial charge in [0.25, 0.3) is 0 Å². The fourth-order valence-electron chi connectivity index (χ4n) is 4.34. The van der Waals surface area contributed by atoms with Gasteiger partial charge in [0.15, 0.2) is 0 Å². The van der Waals surface area contributed by atoms with E-state index in [9.17, 15) is 0 Å². The van der Waals surface area contributed by atoms with Crippen LogP contribution in [-0.4, -0.2) is 4.40 Å². The monoisotopic (exact) mass is 353 g/mol. The Hall–Kier alpha value is -2.80. The summed E-state index contributed by atoms with van der Waals surface area (Å²) < 4.78 is 2.50. The van der Waals surface area contributed by atoms with Gasteiger partial charge in [0.05, 0.1) is 5.52 Å². The summed E-state index contributed by atoms with van der Waals surface area (Å²) >= 11 is 0. The highest BCUT2D eigenvalue weighted by Gasteiger charge is 2.22. The molecule has 1 heteroatoms. The van der Waals surface area contributed by atoms with Gasteiger partial charge in [-0.15, -0.1) is 0 Å². The maximum atomic E-state index is 4.29. The molecule has 1 aliphatic carbocycles. The summed E-state index contributed by atoms with van der Waals surface area (Å²) in [5.74, 6) is 0. The van der Waals surface area contributed by atoms with Crippen LogP contribution in [0.2, 0.25) is 0 Å². The third-order valence-electron chi connectivity index (χ3n) is 5.69. The zero-order chi connectivity index (χ0) is 19.0. The van der Waals surface area contributed by atoms with Crippen LogP contribution in [0.1, 0.15) is 49.2 Å². The molecule has 0 atom stereocenters. The van der Waals surface area contributed by atoms with Crippen molar-refractivity contribution in [1.29, 1.82) is 0 Å². The van der Waals surface area contributed by atoms with E-state index in [-0.39, 0.29) is 0 Å². The predicted octanol–water partition coefficient (Wildman–Crippen LogP) is 7.28. The fraction of sp³-hybridized carbons (Fsp3) is 0.231. The van der Waals surface area contributed by atoms with Crippen molar-refractivity contribution in [2.45, 2.75) is 40.0 Å². The second kappa shape index (κ2) is 7.08. The van der Waals surface area contributed by atoms with Crippen molar-refractivity contribution < 1.29 is 0 Å². The molecular weight excluding hydrogens is 326 g/mol. The molecule has 1 nitrogen and oxygen atoms in total. The van der Waals surface area contributed by atoms with Crippen LogP contribution in [0.4, 0.5) is 0 Å². The highest BCUT2D eigenvalue weighted by Crippen LogP contribution is 2.39. The Morgan fingerprint density at radius 2 is 2.04 bits per heavy atom. The average Bonchev–Trinajstić information content (AvgIpc) is 3.17. The van der Waals surface area contributed by atoms with Gasteiger partial charge < -0.3 is 4.40 Å². The molecule has 0 N–H and O–H groups in total. The molecule has 0 bridgehead atoms. The minimum absolute atomic E-state index is 0.974. The lowest BCUT2D eigenvalue weighted by Gasteiger charge is -2.09. The third-order valence-corrected chi connectivity index (χ3v) is 5.69. The molecule has 2 aromatic heterocycles. The van der Waals surface area contributed by atoms with E-state index in [0.717, 1.165) is 24.8 Å². The Morgan fingerprint density at radius 1 is 1.22 bits per heavy atom. The van der Waals surface area contributed by atoms with E-state index in [0.29, 0.717) is 0 Å². The van der Waals surface area contributed by atoms with Gasteiger partial charge in [0.2, 0.25) is 0 Å².